The molecule has 1 atom stereocenters. The van der Waals surface area contributed by atoms with Crippen molar-refractivity contribution < 1.29 is 23.2 Å². The van der Waals surface area contributed by atoms with Crippen molar-refractivity contribution in [1.82, 2.24) is 10.1 Å². The highest BCUT2D eigenvalue weighted by Crippen LogP contribution is 2.35. The number of ether oxygens (including phenoxy) is 2. The highest BCUT2D eigenvalue weighted by Gasteiger charge is 2.31. The van der Waals surface area contributed by atoms with Gasteiger partial charge in [-0.25, -0.2) is 4.39 Å². The van der Waals surface area contributed by atoms with Crippen molar-refractivity contribution in [2.75, 3.05) is 38.3 Å². The Morgan fingerprint density at radius 3 is 2.59 bits per heavy atom. The summed E-state index contributed by atoms with van der Waals surface area (Å²) in [5, 5.41) is 4.27. The molecule has 0 radical (unpaired) electrons. The molecule has 34 heavy (non-hydrogen) atoms. The normalized spacial score (nSPS) is 14.6. The number of rotatable bonds is 8. The summed E-state index contributed by atoms with van der Waals surface area (Å²) in [4.78, 5) is 17.6. The van der Waals surface area contributed by atoms with Gasteiger partial charge in [-0.2, -0.15) is 0 Å². The lowest BCUT2D eigenvalue weighted by atomic mass is 10.0. The summed E-state index contributed by atoms with van der Waals surface area (Å²) < 4.78 is 31.5. The van der Waals surface area contributed by atoms with Gasteiger partial charge in [0.1, 0.15) is 17.3 Å². The van der Waals surface area contributed by atoms with Crippen molar-refractivity contribution in [2.24, 2.45) is 0 Å². The summed E-state index contributed by atoms with van der Waals surface area (Å²) in [7, 11) is 1.55. The molecule has 1 saturated heterocycles. The van der Waals surface area contributed by atoms with Crippen molar-refractivity contribution >= 4 is 11.8 Å². The number of anilines is 1. The predicted octanol–water partition coefficient (Wildman–Crippen LogP) is 4.77. The molecule has 0 aliphatic carbocycles. The second-order valence-corrected chi connectivity index (χ2v) is 8.28. The summed E-state index contributed by atoms with van der Waals surface area (Å²) in [6, 6.07) is 13.6. The lowest BCUT2D eigenvalue weighted by molar-refractivity contribution is 0.0668. The van der Waals surface area contributed by atoms with Crippen LogP contribution < -0.4 is 9.64 Å². The molecule has 0 bridgehead atoms. The Morgan fingerprint density at radius 2 is 1.88 bits per heavy atom. The standard InChI is InChI=1S/C26H30FN3O4/c1-4-18(2)30(25(31)20-10-6-8-12-23(20)32-3)17-21-24(19-9-5-7-11-22(19)27)28-34-26(21)29-13-15-33-16-14-29/h5-12,18H,4,13-17H2,1-3H3/t18-/m1/s1. The number of para-hydroxylation sites is 1. The molecule has 3 aromatic rings. The molecule has 4 rings (SSSR count). The van der Waals surface area contributed by atoms with E-state index in [4.69, 9.17) is 14.0 Å². The number of benzene rings is 2. The quantitative estimate of drug-likeness (QED) is 0.476. The van der Waals surface area contributed by atoms with Crippen LogP contribution in [0.25, 0.3) is 11.3 Å². The van der Waals surface area contributed by atoms with E-state index >= 15 is 0 Å². The van der Waals surface area contributed by atoms with E-state index in [2.05, 4.69) is 5.16 Å². The summed E-state index contributed by atoms with van der Waals surface area (Å²) in [5.41, 5.74) is 1.90. The molecular formula is C26H30FN3O4. The number of methoxy groups -OCH3 is 1. The van der Waals surface area contributed by atoms with Gasteiger partial charge in [0, 0.05) is 24.7 Å². The molecule has 0 N–H and O–H groups in total. The zero-order chi connectivity index (χ0) is 24.1. The fourth-order valence-electron chi connectivity index (χ4n) is 4.12. The molecule has 7 nitrogen and oxygen atoms in total. The number of carbonyl (C=O) groups is 1. The van der Waals surface area contributed by atoms with Crippen molar-refractivity contribution in [3.8, 4) is 17.0 Å². The van der Waals surface area contributed by atoms with Gasteiger partial charge < -0.3 is 23.8 Å². The van der Waals surface area contributed by atoms with Crippen LogP contribution in [-0.2, 0) is 11.3 Å². The van der Waals surface area contributed by atoms with Crippen LogP contribution in [0.3, 0.4) is 0 Å². The van der Waals surface area contributed by atoms with Crippen LogP contribution >= 0.6 is 0 Å². The Labute approximate surface area is 199 Å². The van der Waals surface area contributed by atoms with Gasteiger partial charge in [0.05, 0.1) is 38.0 Å². The smallest absolute Gasteiger partial charge is 0.258 e. The lowest BCUT2D eigenvalue weighted by Crippen LogP contribution is -2.40. The molecule has 0 saturated carbocycles. The molecule has 1 fully saturated rings. The molecule has 1 aromatic heterocycles. The summed E-state index contributed by atoms with van der Waals surface area (Å²) in [5.74, 6) is 0.494. The monoisotopic (exact) mass is 467 g/mol. The fourth-order valence-corrected chi connectivity index (χ4v) is 4.12. The van der Waals surface area contributed by atoms with E-state index in [0.29, 0.717) is 60.3 Å². The van der Waals surface area contributed by atoms with Crippen LogP contribution in [0, 0.1) is 5.82 Å². The Hall–Kier alpha value is -3.39. The maximum atomic E-state index is 14.8. The highest BCUT2D eigenvalue weighted by atomic mass is 19.1. The molecule has 1 amide bonds. The first kappa shape index (κ1) is 23.8. The topological polar surface area (TPSA) is 68.0 Å². The van der Waals surface area contributed by atoms with Crippen LogP contribution in [0.15, 0.2) is 53.1 Å². The first-order valence-corrected chi connectivity index (χ1v) is 11.5. The van der Waals surface area contributed by atoms with Crippen LogP contribution in [0.2, 0.25) is 0 Å². The third-order valence-electron chi connectivity index (χ3n) is 6.24. The summed E-state index contributed by atoms with van der Waals surface area (Å²) in [6.07, 6.45) is 0.744. The van der Waals surface area contributed by atoms with Crippen LogP contribution in [0.5, 0.6) is 5.75 Å². The Balaban J connectivity index is 1.79. The van der Waals surface area contributed by atoms with Crippen LogP contribution in [0.1, 0.15) is 36.2 Å². The van der Waals surface area contributed by atoms with E-state index in [1.807, 2.05) is 30.9 Å². The van der Waals surface area contributed by atoms with Crippen molar-refractivity contribution in [1.29, 1.82) is 0 Å². The van der Waals surface area contributed by atoms with E-state index in [1.54, 1.807) is 42.3 Å². The van der Waals surface area contributed by atoms with Crippen molar-refractivity contribution in [2.45, 2.75) is 32.9 Å². The molecule has 2 aromatic carbocycles. The van der Waals surface area contributed by atoms with Crippen molar-refractivity contribution in [3.05, 3.63) is 65.5 Å². The Bertz CT molecular complexity index is 1130. The zero-order valence-electron chi connectivity index (χ0n) is 19.8. The summed E-state index contributed by atoms with van der Waals surface area (Å²) in [6.45, 7) is 6.62. The molecular weight excluding hydrogens is 437 g/mol. The number of aromatic nitrogens is 1. The van der Waals surface area contributed by atoms with E-state index in [-0.39, 0.29) is 18.5 Å². The maximum absolute atomic E-state index is 14.8. The zero-order valence-corrected chi connectivity index (χ0v) is 19.8. The number of amides is 1. The van der Waals surface area contributed by atoms with E-state index < -0.39 is 5.82 Å². The molecule has 0 spiro atoms. The molecule has 1 aliphatic rings. The summed E-state index contributed by atoms with van der Waals surface area (Å²) >= 11 is 0. The molecule has 0 unspecified atom stereocenters. The number of carbonyl (C=O) groups excluding carboxylic acids is 1. The third kappa shape index (κ3) is 4.77. The second kappa shape index (κ2) is 10.7. The number of hydrogen-bond donors (Lipinski definition) is 0. The third-order valence-corrected chi connectivity index (χ3v) is 6.24. The minimum absolute atomic E-state index is 0.0849. The molecule has 2 heterocycles. The van der Waals surface area contributed by atoms with Gasteiger partial charge in [-0.05, 0) is 37.6 Å². The largest absolute Gasteiger partial charge is 0.496 e. The van der Waals surface area contributed by atoms with Crippen LogP contribution in [0.4, 0.5) is 10.3 Å². The average molecular weight is 468 g/mol. The highest BCUT2D eigenvalue weighted by molar-refractivity contribution is 5.97. The van der Waals surface area contributed by atoms with Gasteiger partial charge in [-0.1, -0.05) is 36.3 Å². The first-order valence-electron chi connectivity index (χ1n) is 11.5. The Morgan fingerprint density at radius 1 is 1.18 bits per heavy atom. The van der Waals surface area contributed by atoms with Gasteiger partial charge in [0.2, 0.25) is 5.88 Å². The van der Waals surface area contributed by atoms with E-state index in [1.165, 1.54) is 6.07 Å². The average Bonchev–Trinajstić information content (AvgIpc) is 3.30. The number of hydrogen-bond acceptors (Lipinski definition) is 6. The number of halogens is 1. The SMILES string of the molecule is CC[C@@H](C)N(Cc1c(-c2ccccc2F)noc1N1CCOCC1)C(=O)c1ccccc1OC. The minimum atomic E-state index is -0.392. The first-order chi connectivity index (χ1) is 16.5. The number of morpholine rings is 1. The van der Waals surface area contributed by atoms with Gasteiger partial charge in [-0.3, -0.25) is 4.79 Å². The predicted molar refractivity (Wildman–Crippen MR) is 128 cm³/mol. The van der Waals surface area contributed by atoms with Crippen LogP contribution in [-0.4, -0.2) is 55.4 Å². The molecule has 180 valence electrons. The molecule has 8 heteroatoms. The van der Waals surface area contributed by atoms with E-state index in [9.17, 15) is 9.18 Å². The lowest BCUT2D eigenvalue weighted by Gasteiger charge is -2.31. The van der Waals surface area contributed by atoms with E-state index in [0.717, 1.165) is 6.42 Å². The maximum Gasteiger partial charge on any atom is 0.258 e. The number of nitrogens with zero attached hydrogens (tertiary/aromatic N) is 3. The van der Waals surface area contributed by atoms with Gasteiger partial charge in [0.15, 0.2) is 0 Å². The Kier molecular flexibility index (Phi) is 7.47. The minimum Gasteiger partial charge on any atom is -0.496 e. The van der Waals surface area contributed by atoms with Gasteiger partial charge in [-0.15, -0.1) is 0 Å². The molecule has 1 aliphatic heterocycles. The second-order valence-electron chi connectivity index (χ2n) is 8.28. The van der Waals surface area contributed by atoms with Gasteiger partial charge in [0.25, 0.3) is 5.91 Å². The van der Waals surface area contributed by atoms with Gasteiger partial charge >= 0.3 is 0 Å². The fraction of sp³-hybridized carbons (Fsp3) is 0.385. The van der Waals surface area contributed by atoms with Crippen molar-refractivity contribution in [3.63, 3.8) is 0 Å².